The summed E-state index contributed by atoms with van der Waals surface area (Å²) < 4.78 is 14.4. The fraction of sp³-hybridized carbons (Fsp3) is 0.333. The molecular formula is C18H19BrFN. The van der Waals surface area contributed by atoms with Gasteiger partial charge in [0.15, 0.2) is 0 Å². The smallest absolute Gasteiger partial charge is 0.123 e. The fourth-order valence-electron chi connectivity index (χ4n) is 3.01. The molecule has 21 heavy (non-hydrogen) atoms. The molecule has 0 spiro atoms. The van der Waals surface area contributed by atoms with E-state index in [2.05, 4.69) is 52.4 Å². The van der Waals surface area contributed by atoms with Gasteiger partial charge in [0.25, 0.3) is 0 Å². The second-order valence-electron chi connectivity index (χ2n) is 5.86. The highest BCUT2D eigenvalue weighted by molar-refractivity contribution is 9.10. The summed E-state index contributed by atoms with van der Waals surface area (Å²) in [6, 6.07) is 16.1. The number of benzene rings is 2. The largest absolute Gasteiger partial charge is 0.307 e. The summed E-state index contributed by atoms with van der Waals surface area (Å²) in [5, 5.41) is 3.60. The molecule has 1 atom stereocenters. The van der Waals surface area contributed by atoms with E-state index in [0.29, 0.717) is 12.0 Å². The highest BCUT2D eigenvalue weighted by Crippen LogP contribution is 2.38. The van der Waals surface area contributed by atoms with Crippen molar-refractivity contribution >= 4 is 15.9 Å². The second-order valence-corrected chi connectivity index (χ2v) is 6.78. The van der Waals surface area contributed by atoms with E-state index in [1.807, 2.05) is 6.07 Å². The third kappa shape index (κ3) is 3.53. The Morgan fingerprint density at radius 2 is 1.90 bits per heavy atom. The molecule has 1 aliphatic rings. The summed E-state index contributed by atoms with van der Waals surface area (Å²) in [5.41, 5.74) is 2.42. The van der Waals surface area contributed by atoms with Crippen LogP contribution in [0.1, 0.15) is 42.9 Å². The third-order valence-corrected chi connectivity index (χ3v) is 4.79. The van der Waals surface area contributed by atoms with E-state index in [0.717, 1.165) is 22.9 Å². The van der Waals surface area contributed by atoms with Crippen molar-refractivity contribution in [3.63, 3.8) is 0 Å². The summed E-state index contributed by atoms with van der Waals surface area (Å²) >= 11 is 3.53. The minimum Gasteiger partial charge on any atom is -0.307 e. The Labute approximate surface area is 133 Å². The predicted octanol–water partition coefficient (Wildman–Crippen LogP) is 5.19. The van der Waals surface area contributed by atoms with Gasteiger partial charge in [0.1, 0.15) is 5.82 Å². The van der Waals surface area contributed by atoms with Crippen LogP contribution in [0.25, 0.3) is 0 Å². The van der Waals surface area contributed by atoms with Crippen molar-refractivity contribution in [3.05, 3.63) is 69.9 Å². The average molecular weight is 348 g/mol. The Balaban J connectivity index is 1.55. The molecule has 1 N–H and O–H groups in total. The van der Waals surface area contributed by atoms with E-state index in [4.69, 9.17) is 0 Å². The molecule has 0 saturated heterocycles. The summed E-state index contributed by atoms with van der Waals surface area (Å²) in [6.07, 6.45) is 2.30. The zero-order valence-electron chi connectivity index (χ0n) is 12.0. The van der Waals surface area contributed by atoms with Gasteiger partial charge in [-0.3, -0.25) is 0 Å². The molecule has 1 nitrogen and oxygen atoms in total. The van der Waals surface area contributed by atoms with E-state index >= 15 is 0 Å². The first kappa shape index (κ1) is 14.7. The number of hydrogen-bond acceptors (Lipinski definition) is 1. The van der Waals surface area contributed by atoms with Crippen LogP contribution >= 0.6 is 15.9 Å². The molecule has 3 rings (SSSR count). The molecule has 2 aromatic carbocycles. The molecule has 0 amide bonds. The Morgan fingerprint density at radius 3 is 2.62 bits per heavy atom. The van der Waals surface area contributed by atoms with Crippen molar-refractivity contribution in [2.24, 2.45) is 0 Å². The summed E-state index contributed by atoms with van der Waals surface area (Å²) in [5.74, 6) is 0.474. The van der Waals surface area contributed by atoms with Crippen molar-refractivity contribution < 1.29 is 4.39 Å². The standard InChI is InChI=1S/C18H19BrFN/c1-12(13-4-3-7-17(20)9-13)21-18-10-15(11-18)14-5-2-6-16(19)8-14/h2-9,12,15,18,21H,10-11H2,1H3/t12-,15?,18?/m1/s1. The number of nitrogens with one attached hydrogen (secondary N) is 1. The lowest BCUT2D eigenvalue weighted by Crippen LogP contribution is -2.41. The van der Waals surface area contributed by atoms with Crippen LogP contribution in [0, 0.1) is 5.82 Å². The minimum atomic E-state index is -0.165. The summed E-state index contributed by atoms with van der Waals surface area (Å²) in [7, 11) is 0. The van der Waals surface area contributed by atoms with Gasteiger partial charge in [0.2, 0.25) is 0 Å². The van der Waals surface area contributed by atoms with Gasteiger partial charge in [-0.15, -0.1) is 0 Å². The third-order valence-electron chi connectivity index (χ3n) is 4.29. The molecular weight excluding hydrogens is 329 g/mol. The number of rotatable bonds is 4. The predicted molar refractivity (Wildman–Crippen MR) is 87.9 cm³/mol. The average Bonchev–Trinajstić information content (AvgIpc) is 2.42. The van der Waals surface area contributed by atoms with Crippen molar-refractivity contribution in [1.29, 1.82) is 0 Å². The van der Waals surface area contributed by atoms with Gasteiger partial charge >= 0.3 is 0 Å². The fourth-order valence-corrected chi connectivity index (χ4v) is 3.43. The first-order valence-electron chi connectivity index (χ1n) is 7.39. The first-order valence-corrected chi connectivity index (χ1v) is 8.18. The molecule has 0 bridgehead atoms. The maximum Gasteiger partial charge on any atom is 0.123 e. The van der Waals surface area contributed by atoms with Crippen LogP contribution in [0.15, 0.2) is 53.0 Å². The molecule has 1 aliphatic carbocycles. The SMILES string of the molecule is C[C@@H](NC1CC(c2cccc(Br)c2)C1)c1cccc(F)c1. The zero-order chi connectivity index (χ0) is 14.8. The Kier molecular flexibility index (Phi) is 4.41. The minimum absolute atomic E-state index is 0.165. The van der Waals surface area contributed by atoms with E-state index in [9.17, 15) is 4.39 Å². The van der Waals surface area contributed by atoms with Gasteiger partial charge in [-0.25, -0.2) is 4.39 Å². The van der Waals surface area contributed by atoms with Crippen LogP contribution in [0.3, 0.4) is 0 Å². The Morgan fingerprint density at radius 1 is 1.14 bits per heavy atom. The van der Waals surface area contributed by atoms with Crippen molar-refractivity contribution in [2.75, 3.05) is 0 Å². The van der Waals surface area contributed by atoms with Gasteiger partial charge in [0.05, 0.1) is 0 Å². The normalized spacial score (nSPS) is 22.6. The second kappa shape index (κ2) is 6.29. The van der Waals surface area contributed by atoms with E-state index < -0.39 is 0 Å². The first-order chi connectivity index (χ1) is 10.1. The van der Waals surface area contributed by atoms with Crippen molar-refractivity contribution in [3.8, 4) is 0 Å². The lowest BCUT2D eigenvalue weighted by molar-refractivity contribution is 0.270. The molecule has 3 heteroatoms. The van der Waals surface area contributed by atoms with Crippen LogP contribution in [0.2, 0.25) is 0 Å². The van der Waals surface area contributed by atoms with Gasteiger partial charge in [0, 0.05) is 16.6 Å². The molecule has 0 unspecified atom stereocenters. The van der Waals surface area contributed by atoms with Gasteiger partial charge in [-0.1, -0.05) is 40.2 Å². The van der Waals surface area contributed by atoms with E-state index in [1.165, 1.54) is 11.6 Å². The number of hydrogen-bond donors (Lipinski definition) is 1. The molecule has 1 fully saturated rings. The molecule has 1 saturated carbocycles. The van der Waals surface area contributed by atoms with Crippen LogP contribution in [0.5, 0.6) is 0 Å². The summed E-state index contributed by atoms with van der Waals surface area (Å²) in [6.45, 7) is 2.10. The quantitative estimate of drug-likeness (QED) is 0.802. The lowest BCUT2D eigenvalue weighted by Gasteiger charge is -2.38. The van der Waals surface area contributed by atoms with Crippen LogP contribution < -0.4 is 5.32 Å². The van der Waals surface area contributed by atoms with Crippen LogP contribution in [-0.2, 0) is 0 Å². The van der Waals surface area contributed by atoms with Gasteiger partial charge in [-0.05, 0) is 61.1 Å². The highest BCUT2D eigenvalue weighted by atomic mass is 79.9. The zero-order valence-corrected chi connectivity index (χ0v) is 13.6. The molecule has 110 valence electrons. The van der Waals surface area contributed by atoms with E-state index in [1.54, 1.807) is 12.1 Å². The van der Waals surface area contributed by atoms with Crippen LogP contribution in [-0.4, -0.2) is 6.04 Å². The summed E-state index contributed by atoms with van der Waals surface area (Å²) in [4.78, 5) is 0. The topological polar surface area (TPSA) is 12.0 Å². The monoisotopic (exact) mass is 347 g/mol. The maximum atomic E-state index is 13.2. The molecule has 0 radical (unpaired) electrons. The van der Waals surface area contributed by atoms with Gasteiger partial charge in [-0.2, -0.15) is 0 Å². The number of halogens is 2. The Bertz CT molecular complexity index is 622. The molecule has 2 aromatic rings. The Hall–Kier alpha value is -1.19. The highest BCUT2D eigenvalue weighted by Gasteiger charge is 2.31. The molecule has 0 aromatic heterocycles. The van der Waals surface area contributed by atoms with Crippen molar-refractivity contribution in [2.45, 2.75) is 37.8 Å². The van der Waals surface area contributed by atoms with Crippen molar-refractivity contribution in [1.82, 2.24) is 5.32 Å². The van der Waals surface area contributed by atoms with E-state index in [-0.39, 0.29) is 11.9 Å². The molecule has 0 heterocycles. The molecule has 0 aliphatic heterocycles. The lowest BCUT2D eigenvalue weighted by atomic mass is 9.75. The van der Waals surface area contributed by atoms with Gasteiger partial charge < -0.3 is 5.32 Å². The van der Waals surface area contributed by atoms with Crippen LogP contribution in [0.4, 0.5) is 4.39 Å². The maximum absolute atomic E-state index is 13.2.